The van der Waals surface area contributed by atoms with E-state index in [-0.39, 0.29) is 18.0 Å². The fourth-order valence-electron chi connectivity index (χ4n) is 3.17. The Morgan fingerprint density at radius 3 is 2.46 bits per heavy atom. The highest BCUT2D eigenvalue weighted by Crippen LogP contribution is 2.27. The van der Waals surface area contributed by atoms with Gasteiger partial charge in [-0.25, -0.2) is 4.79 Å². The Labute approximate surface area is 155 Å². The van der Waals surface area contributed by atoms with Crippen molar-refractivity contribution in [2.75, 3.05) is 37.7 Å². The first-order valence-electron chi connectivity index (χ1n) is 9.35. The Bertz CT molecular complexity index is 613. The van der Waals surface area contributed by atoms with Gasteiger partial charge in [0.2, 0.25) is 0 Å². The number of hydrogen-bond donors (Lipinski definition) is 3. The van der Waals surface area contributed by atoms with Gasteiger partial charge in [0.05, 0.1) is 38.5 Å². The van der Waals surface area contributed by atoms with E-state index < -0.39 is 6.03 Å². The molecule has 1 saturated heterocycles. The van der Waals surface area contributed by atoms with Crippen LogP contribution in [0.15, 0.2) is 24.3 Å². The third kappa shape index (κ3) is 5.36. The van der Waals surface area contributed by atoms with Crippen molar-refractivity contribution in [2.24, 2.45) is 0 Å². The molecule has 1 atom stereocenters. The number of para-hydroxylation sites is 2. The highest BCUT2D eigenvalue weighted by atomic mass is 16.5. The summed E-state index contributed by atoms with van der Waals surface area (Å²) >= 11 is 0. The van der Waals surface area contributed by atoms with Crippen LogP contribution in [0, 0.1) is 0 Å². The Balaban J connectivity index is 1.89. The summed E-state index contributed by atoms with van der Waals surface area (Å²) in [5, 5.41) is 5.11. The number of amides is 3. The third-order valence-corrected chi connectivity index (χ3v) is 4.57. The molecule has 2 rings (SSSR count). The van der Waals surface area contributed by atoms with Crippen LogP contribution in [0.3, 0.4) is 0 Å². The average Bonchev–Trinajstić information content (AvgIpc) is 2.61. The summed E-state index contributed by atoms with van der Waals surface area (Å²) in [4.78, 5) is 27.5. The maximum atomic E-state index is 12.3. The maximum Gasteiger partial charge on any atom is 0.321 e. The number of piperazine rings is 1. The maximum absolute atomic E-state index is 12.3. The lowest BCUT2D eigenvalue weighted by molar-refractivity contribution is -0.914. The summed E-state index contributed by atoms with van der Waals surface area (Å²) in [5.41, 5.74) is 1.10. The van der Waals surface area contributed by atoms with Crippen LogP contribution in [0.4, 0.5) is 10.5 Å². The van der Waals surface area contributed by atoms with Gasteiger partial charge >= 0.3 is 6.03 Å². The van der Waals surface area contributed by atoms with E-state index in [1.165, 1.54) is 4.90 Å². The topological polar surface area (TPSA) is 75.1 Å². The molecule has 3 amide bonds. The highest BCUT2D eigenvalue weighted by Gasteiger charge is 2.30. The number of ether oxygens (including phenoxy) is 1. The van der Waals surface area contributed by atoms with Gasteiger partial charge in [-0.3, -0.25) is 10.1 Å². The van der Waals surface area contributed by atoms with Gasteiger partial charge in [0.25, 0.3) is 5.91 Å². The zero-order valence-electron chi connectivity index (χ0n) is 16.2. The van der Waals surface area contributed by atoms with Crippen LogP contribution in [0.1, 0.15) is 27.7 Å². The molecule has 0 aromatic heterocycles. The summed E-state index contributed by atoms with van der Waals surface area (Å²) < 4.78 is 5.72. The molecular weight excluding hydrogens is 332 g/mol. The molecule has 7 nitrogen and oxygen atoms in total. The van der Waals surface area contributed by atoms with Gasteiger partial charge < -0.3 is 19.9 Å². The van der Waals surface area contributed by atoms with E-state index in [4.69, 9.17) is 4.74 Å². The largest absolute Gasteiger partial charge is 0.492 e. The van der Waals surface area contributed by atoms with Crippen molar-refractivity contribution in [3.63, 3.8) is 0 Å². The molecule has 1 aromatic carbocycles. The number of nitrogens with zero attached hydrogens (tertiary/aromatic N) is 1. The first kappa shape index (κ1) is 20.0. The molecule has 0 bridgehead atoms. The number of anilines is 1. The number of nitrogens with one attached hydrogen (secondary N) is 3. The molecule has 1 aromatic rings. The van der Waals surface area contributed by atoms with E-state index in [0.717, 1.165) is 37.6 Å². The van der Waals surface area contributed by atoms with Crippen LogP contribution in [0.5, 0.6) is 5.75 Å². The van der Waals surface area contributed by atoms with Gasteiger partial charge in [0.1, 0.15) is 5.75 Å². The monoisotopic (exact) mass is 363 g/mol. The van der Waals surface area contributed by atoms with E-state index in [0.29, 0.717) is 6.61 Å². The minimum absolute atomic E-state index is 0.000550. The molecule has 0 spiro atoms. The van der Waals surface area contributed by atoms with Crippen molar-refractivity contribution in [3.8, 4) is 5.75 Å². The smallest absolute Gasteiger partial charge is 0.321 e. The van der Waals surface area contributed by atoms with E-state index in [2.05, 4.69) is 21.6 Å². The SMILES string of the molecule is CCOc1ccccc1N1CC[NH+]([C@H](C)C(=O)NC(=O)NC(C)C)CC1. The van der Waals surface area contributed by atoms with Crippen molar-refractivity contribution in [1.82, 2.24) is 10.6 Å². The van der Waals surface area contributed by atoms with Crippen LogP contribution in [-0.2, 0) is 4.79 Å². The Kier molecular flexibility index (Phi) is 7.26. The number of imide groups is 1. The second kappa shape index (κ2) is 9.43. The van der Waals surface area contributed by atoms with Gasteiger partial charge in [-0.1, -0.05) is 12.1 Å². The fourth-order valence-corrected chi connectivity index (χ4v) is 3.17. The molecule has 0 saturated carbocycles. The molecule has 1 fully saturated rings. The molecule has 1 heterocycles. The normalized spacial score (nSPS) is 16.3. The molecule has 1 aliphatic heterocycles. The second-order valence-corrected chi connectivity index (χ2v) is 6.89. The predicted octanol–water partition coefficient (Wildman–Crippen LogP) is 0.413. The Hall–Kier alpha value is -2.28. The lowest BCUT2D eigenvalue weighted by Gasteiger charge is -2.36. The summed E-state index contributed by atoms with van der Waals surface area (Å²) in [6.07, 6.45) is 0. The van der Waals surface area contributed by atoms with Crippen molar-refractivity contribution in [1.29, 1.82) is 0 Å². The van der Waals surface area contributed by atoms with Gasteiger partial charge in [-0.05, 0) is 39.8 Å². The molecule has 0 unspecified atom stereocenters. The lowest BCUT2D eigenvalue weighted by atomic mass is 10.2. The Morgan fingerprint density at radius 1 is 1.19 bits per heavy atom. The molecule has 7 heteroatoms. The molecule has 3 N–H and O–H groups in total. The molecule has 0 aliphatic carbocycles. The number of carbonyl (C=O) groups excluding carboxylic acids is 2. The van der Waals surface area contributed by atoms with E-state index in [1.54, 1.807) is 0 Å². The van der Waals surface area contributed by atoms with Crippen LogP contribution < -0.4 is 25.2 Å². The van der Waals surface area contributed by atoms with Crippen LogP contribution in [0.25, 0.3) is 0 Å². The third-order valence-electron chi connectivity index (χ3n) is 4.57. The quantitative estimate of drug-likeness (QED) is 0.685. The summed E-state index contributed by atoms with van der Waals surface area (Å²) in [6.45, 7) is 11.6. The minimum atomic E-state index is -0.430. The Morgan fingerprint density at radius 2 is 1.85 bits per heavy atom. The average molecular weight is 363 g/mol. The zero-order chi connectivity index (χ0) is 19.1. The number of carbonyl (C=O) groups is 2. The molecular formula is C19H31N4O3+. The standard InChI is InChI=1S/C19H30N4O3/c1-5-26-17-9-7-6-8-16(17)23-12-10-22(11-13-23)15(4)18(24)21-19(25)20-14(2)3/h6-9,14-15H,5,10-13H2,1-4H3,(H2,20,21,24,25)/p+1/t15-/m1/s1. The van der Waals surface area contributed by atoms with E-state index in [1.807, 2.05) is 45.9 Å². The van der Waals surface area contributed by atoms with E-state index in [9.17, 15) is 9.59 Å². The first-order chi connectivity index (χ1) is 12.4. The van der Waals surface area contributed by atoms with Gasteiger partial charge in [0.15, 0.2) is 6.04 Å². The summed E-state index contributed by atoms with van der Waals surface area (Å²) in [6, 6.07) is 7.35. The van der Waals surface area contributed by atoms with Crippen LogP contribution >= 0.6 is 0 Å². The van der Waals surface area contributed by atoms with Crippen LogP contribution in [-0.4, -0.2) is 56.8 Å². The van der Waals surface area contributed by atoms with Crippen molar-refractivity contribution in [2.45, 2.75) is 39.8 Å². The number of rotatable bonds is 6. The summed E-state index contributed by atoms with van der Waals surface area (Å²) in [5.74, 6) is 0.663. The van der Waals surface area contributed by atoms with Gasteiger partial charge in [0, 0.05) is 6.04 Å². The first-order valence-corrected chi connectivity index (χ1v) is 9.35. The van der Waals surface area contributed by atoms with E-state index >= 15 is 0 Å². The number of quaternary nitrogens is 1. The summed E-state index contributed by atoms with van der Waals surface area (Å²) in [7, 11) is 0. The zero-order valence-corrected chi connectivity index (χ0v) is 16.2. The molecule has 0 radical (unpaired) electrons. The van der Waals surface area contributed by atoms with Crippen molar-refractivity contribution >= 4 is 17.6 Å². The van der Waals surface area contributed by atoms with Crippen molar-refractivity contribution in [3.05, 3.63) is 24.3 Å². The molecule has 144 valence electrons. The number of hydrogen-bond acceptors (Lipinski definition) is 4. The predicted molar refractivity (Wildman–Crippen MR) is 102 cm³/mol. The molecule has 26 heavy (non-hydrogen) atoms. The second-order valence-electron chi connectivity index (χ2n) is 6.89. The van der Waals surface area contributed by atoms with Gasteiger partial charge in [-0.2, -0.15) is 0 Å². The van der Waals surface area contributed by atoms with Gasteiger partial charge in [-0.15, -0.1) is 0 Å². The van der Waals surface area contributed by atoms with Crippen molar-refractivity contribution < 1.29 is 19.2 Å². The number of urea groups is 1. The molecule has 1 aliphatic rings. The minimum Gasteiger partial charge on any atom is -0.492 e. The lowest BCUT2D eigenvalue weighted by Crippen LogP contribution is -3.19. The number of benzene rings is 1. The van der Waals surface area contributed by atoms with Crippen LogP contribution in [0.2, 0.25) is 0 Å². The highest BCUT2D eigenvalue weighted by molar-refractivity contribution is 5.96. The fraction of sp³-hybridized carbons (Fsp3) is 0.579.